The van der Waals surface area contributed by atoms with E-state index in [9.17, 15) is 9.90 Å². The highest BCUT2D eigenvalue weighted by Crippen LogP contribution is 2.38. The predicted molar refractivity (Wildman–Crippen MR) is 96.4 cm³/mol. The molecule has 2 N–H and O–H groups in total. The first kappa shape index (κ1) is 19.0. The molecule has 5 nitrogen and oxygen atoms in total. The van der Waals surface area contributed by atoms with Crippen LogP contribution < -0.4 is 5.32 Å². The summed E-state index contributed by atoms with van der Waals surface area (Å²) in [6, 6.07) is 4.90. The van der Waals surface area contributed by atoms with Crippen molar-refractivity contribution in [3.63, 3.8) is 0 Å². The highest BCUT2D eigenvalue weighted by Gasteiger charge is 2.52. The van der Waals surface area contributed by atoms with Gasteiger partial charge in [0, 0.05) is 6.54 Å². The minimum Gasteiger partial charge on any atom is -0.478 e. The van der Waals surface area contributed by atoms with Crippen LogP contribution in [0.2, 0.25) is 5.02 Å². The summed E-state index contributed by atoms with van der Waals surface area (Å²) >= 11 is 5.93. The molecule has 0 amide bonds. The van der Waals surface area contributed by atoms with Gasteiger partial charge in [-0.05, 0) is 57.9 Å². The van der Waals surface area contributed by atoms with E-state index >= 15 is 0 Å². The summed E-state index contributed by atoms with van der Waals surface area (Å²) in [4.78, 5) is 11.2. The third kappa shape index (κ3) is 3.83. The summed E-state index contributed by atoms with van der Waals surface area (Å²) in [6.07, 6.45) is 1.88. The highest BCUT2D eigenvalue weighted by molar-refractivity contribution is 6.56. The predicted octanol–water partition coefficient (Wildman–Crippen LogP) is 3.27. The van der Waals surface area contributed by atoms with E-state index in [2.05, 4.69) is 5.32 Å². The van der Waals surface area contributed by atoms with Gasteiger partial charge in [0.15, 0.2) is 0 Å². The molecule has 1 aromatic rings. The molecule has 0 bridgehead atoms. The van der Waals surface area contributed by atoms with Crippen molar-refractivity contribution in [3.05, 3.63) is 39.8 Å². The summed E-state index contributed by atoms with van der Waals surface area (Å²) in [6.45, 7) is 8.54. The molecular weight excluding hydrogens is 328 g/mol. The van der Waals surface area contributed by atoms with Gasteiger partial charge in [-0.3, -0.25) is 0 Å². The Balaban J connectivity index is 2.37. The van der Waals surface area contributed by atoms with E-state index in [1.54, 1.807) is 18.2 Å². The number of carbonyl (C=O) groups is 1. The van der Waals surface area contributed by atoms with Crippen LogP contribution in [-0.2, 0) is 9.31 Å². The molecule has 0 aliphatic carbocycles. The van der Waals surface area contributed by atoms with Gasteiger partial charge in [0.2, 0.25) is 0 Å². The first-order valence-corrected chi connectivity index (χ1v) is 8.19. The Hall–Kier alpha value is -1.34. The number of rotatable bonds is 5. The monoisotopic (exact) mass is 351 g/mol. The van der Waals surface area contributed by atoms with E-state index in [1.165, 1.54) is 0 Å². The quantitative estimate of drug-likeness (QED) is 0.797. The van der Waals surface area contributed by atoms with Gasteiger partial charge in [0.1, 0.15) is 0 Å². The minimum absolute atomic E-state index is 0.0724. The van der Waals surface area contributed by atoms with Gasteiger partial charge in [0.25, 0.3) is 0 Å². The fourth-order valence-electron chi connectivity index (χ4n) is 2.41. The molecule has 0 aromatic heterocycles. The van der Waals surface area contributed by atoms with Gasteiger partial charge >= 0.3 is 13.1 Å². The van der Waals surface area contributed by atoms with Gasteiger partial charge in [-0.15, -0.1) is 0 Å². The summed E-state index contributed by atoms with van der Waals surface area (Å²) in [5, 5.41) is 12.5. The molecule has 0 unspecified atom stereocenters. The lowest BCUT2D eigenvalue weighted by atomic mass is 9.77. The second-order valence-corrected chi connectivity index (χ2v) is 7.29. The summed E-state index contributed by atoms with van der Waals surface area (Å²) in [5.74, 6) is -1.05. The molecule has 24 heavy (non-hydrogen) atoms. The van der Waals surface area contributed by atoms with Crippen LogP contribution in [0.3, 0.4) is 0 Å². The zero-order valence-corrected chi connectivity index (χ0v) is 15.4. The molecule has 0 spiro atoms. The molecule has 7 heteroatoms. The van der Waals surface area contributed by atoms with Crippen molar-refractivity contribution in [2.45, 2.75) is 38.9 Å². The highest BCUT2D eigenvalue weighted by atomic mass is 35.5. The Labute approximate surface area is 148 Å². The maximum atomic E-state index is 11.2. The Morgan fingerprint density at radius 3 is 2.38 bits per heavy atom. The first-order chi connectivity index (χ1) is 11.1. The lowest BCUT2D eigenvalue weighted by Crippen LogP contribution is -2.41. The molecule has 2 rings (SSSR count). The van der Waals surface area contributed by atoms with Crippen molar-refractivity contribution in [2.24, 2.45) is 0 Å². The minimum atomic E-state index is -1.05. The van der Waals surface area contributed by atoms with Crippen LogP contribution in [0, 0.1) is 0 Å². The normalized spacial score (nSPS) is 19.6. The molecule has 130 valence electrons. The average molecular weight is 352 g/mol. The van der Waals surface area contributed by atoms with Gasteiger partial charge in [-0.25, -0.2) is 4.79 Å². The van der Waals surface area contributed by atoms with Crippen LogP contribution in [0.4, 0.5) is 0 Å². The van der Waals surface area contributed by atoms with E-state index < -0.39 is 24.3 Å². The van der Waals surface area contributed by atoms with Crippen molar-refractivity contribution >= 4 is 30.8 Å². The first-order valence-electron chi connectivity index (χ1n) is 7.81. The van der Waals surface area contributed by atoms with Crippen LogP contribution in [-0.4, -0.2) is 43.0 Å². The van der Waals surface area contributed by atoms with Gasteiger partial charge < -0.3 is 19.7 Å². The van der Waals surface area contributed by atoms with E-state index in [1.807, 2.05) is 40.8 Å². The lowest BCUT2D eigenvalue weighted by Gasteiger charge is -2.32. The number of aromatic carboxylic acids is 1. The van der Waals surface area contributed by atoms with Crippen molar-refractivity contribution in [3.8, 4) is 0 Å². The fraction of sp³-hybridized carbons (Fsp3) is 0.471. The summed E-state index contributed by atoms with van der Waals surface area (Å²) in [5.41, 5.74) is 0.822. The van der Waals surface area contributed by atoms with Crippen molar-refractivity contribution in [2.75, 3.05) is 13.6 Å². The third-order valence-electron chi connectivity index (χ3n) is 4.51. The zero-order chi connectivity index (χ0) is 18.1. The SMILES string of the molecule is CNCC(=Cc1ccc(Cl)c(C(=O)O)c1)B1OC(C)(C)C(C)(C)O1. The number of likely N-dealkylation sites (N-methyl/N-ethyl adjacent to an activating group) is 1. The van der Waals surface area contributed by atoms with Gasteiger partial charge in [-0.2, -0.15) is 0 Å². The molecular formula is C17H23BClNO4. The van der Waals surface area contributed by atoms with E-state index in [4.69, 9.17) is 20.9 Å². The largest absolute Gasteiger partial charge is 0.491 e. The van der Waals surface area contributed by atoms with Crippen LogP contribution in [0.1, 0.15) is 43.6 Å². The van der Waals surface area contributed by atoms with Crippen LogP contribution in [0.15, 0.2) is 23.7 Å². The van der Waals surface area contributed by atoms with Crippen LogP contribution in [0.25, 0.3) is 6.08 Å². The van der Waals surface area contributed by atoms with E-state index in [-0.39, 0.29) is 10.6 Å². The molecule has 1 saturated heterocycles. The maximum Gasteiger partial charge on any atom is 0.491 e. The summed E-state index contributed by atoms with van der Waals surface area (Å²) < 4.78 is 12.2. The molecule has 1 aliphatic rings. The number of carboxylic acids is 1. The number of nitrogens with one attached hydrogen (secondary N) is 1. The number of benzene rings is 1. The van der Waals surface area contributed by atoms with Gasteiger partial charge in [-0.1, -0.05) is 23.7 Å². The molecule has 1 aliphatic heterocycles. The Bertz CT molecular complexity index is 657. The third-order valence-corrected chi connectivity index (χ3v) is 4.84. The average Bonchev–Trinajstić information content (AvgIpc) is 2.68. The summed E-state index contributed by atoms with van der Waals surface area (Å²) in [7, 11) is 1.34. The zero-order valence-electron chi connectivity index (χ0n) is 14.6. The van der Waals surface area contributed by atoms with E-state index in [0.29, 0.717) is 6.54 Å². The topological polar surface area (TPSA) is 67.8 Å². The fourth-order valence-corrected chi connectivity index (χ4v) is 2.61. The van der Waals surface area contributed by atoms with Crippen LogP contribution >= 0.6 is 11.6 Å². The number of carboxylic acid groups (broad SMARTS) is 1. The number of hydrogen-bond donors (Lipinski definition) is 2. The van der Waals surface area contributed by atoms with Crippen molar-refractivity contribution in [1.29, 1.82) is 0 Å². The number of halogens is 1. The molecule has 1 aromatic carbocycles. The molecule has 0 radical (unpaired) electrons. The molecule has 1 fully saturated rings. The smallest absolute Gasteiger partial charge is 0.478 e. The standard InChI is InChI=1S/C17H23BClNO4/c1-16(2)17(3,4)24-18(23-16)12(10-20-5)8-11-6-7-14(19)13(9-11)15(21)22/h6-9,20H,10H2,1-5H3,(H,21,22). The van der Waals surface area contributed by atoms with Gasteiger partial charge in [0.05, 0.1) is 21.8 Å². The van der Waals surface area contributed by atoms with Crippen molar-refractivity contribution in [1.82, 2.24) is 5.32 Å². The Morgan fingerprint density at radius 2 is 1.88 bits per heavy atom. The Morgan fingerprint density at radius 1 is 1.29 bits per heavy atom. The number of hydrogen-bond acceptors (Lipinski definition) is 4. The maximum absolute atomic E-state index is 11.2. The van der Waals surface area contributed by atoms with E-state index in [0.717, 1.165) is 11.0 Å². The molecule has 0 saturated carbocycles. The molecule has 1 heterocycles. The second kappa shape index (κ2) is 6.88. The Kier molecular flexibility index (Phi) is 5.45. The lowest BCUT2D eigenvalue weighted by molar-refractivity contribution is 0.00578. The molecule has 0 atom stereocenters. The second-order valence-electron chi connectivity index (χ2n) is 6.88. The van der Waals surface area contributed by atoms with Crippen molar-refractivity contribution < 1.29 is 19.2 Å². The van der Waals surface area contributed by atoms with Crippen LogP contribution in [0.5, 0.6) is 0 Å².